The zero-order valence-electron chi connectivity index (χ0n) is 14.6. The molecule has 1 N–H and O–H groups in total. The lowest BCUT2D eigenvalue weighted by molar-refractivity contribution is -0.120. The lowest BCUT2D eigenvalue weighted by Crippen LogP contribution is -2.11. The van der Waals surface area contributed by atoms with Gasteiger partial charge in [0.2, 0.25) is 0 Å². The maximum absolute atomic E-state index is 11.4. The summed E-state index contributed by atoms with van der Waals surface area (Å²) in [6, 6.07) is 9.87. The van der Waals surface area contributed by atoms with Crippen molar-refractivity contribution in [1.82, 2.24) is 15.0 Å². The maximum Gasteiger partial charge on any atom is 0.132 e. The number of aromatic nitrogens is 3. The van der Waals surface area contributed by atoms with E-state index in [9.17, 15) is 4.79 Å². The Labute approximate surface area is 156 Å². The SMILES string of the molecule is Cc1ccnc(Nc2cccc(-c3cnc(C4CCC(=O)CC4)s3)n2)c1. The molecule has 0 saturated heterocycles. The standard InChI is InChI=1S/C20H20N4OS/c1-13-9-10-21-19(11-13)24-18-4-2-3-16(23-18)17-12-22-20(26-17)14-5-7-15(25)8-6-14/h2-4,9-12,14H,5-8H2,1H3,(H,21,23,24). The fourth-order valence-corrected chi connectivity index (χ4v) is 4.22. The van der Waals surface area contributed by atoms with Crippen molar-refractivity contribution in [2.24, 2.45) is 0 Å². The van der Waals surface area contributed by atoms with E-state index in [0.29, 0.717) is 24.5 Å². The Bertz CT molecular complexity index is 927. The number of anilines is 2. The monoisotopic (exact) mass is 364 g/mol. The molecule has 0 aromatic carbocycles. The van der Waals surface area contributed by atoms with Crippen LogP contribution in [-0.4, -0.2) is 20.7 Å². The first-order valence-electron chi connectivity index (χ1n) is 8.82. The smallest absolute Gasteiger partial charge is 0.132 e. The molecule has 1 fully saturated rings. The topological polar surface area (TPSA) is 67.8 Å². The van der Waals surface area contributed by atoms with Crippen LogP contribution >= 0.6 is 11.3 Å². The molecular formula is C20H20N4OS. The van der Waals surface area contributed by atoms with Gasteiger partial charge in [0.1, 0.15) is 17.4 Å². The molecule has 0 atom stereocenters. The average molecular weight is 364 g/mol. The molecule has 5 nitrogen and oxygen atoms in total. The number of Topliss-reactive ketones (excluding diaryl/α,β-unsaturated/α-hetero) is 1. The number of hydrogen-bond acceptors (Lipinski definition) is 6. The second-order valence-corrected chi connectivity index (χ2v) is 7.69. The van der Waals surface area contributed by atoms with Gasteiger partial charge in [-0.15, -0.1) is 11.3 Å². The highest BCUT2D eigenvalue weighted by Crippen LogP contribution is 2.36. The minimum Gasteiger partial charge on any atom is -0.325 e. The molecule has 0 bridgehead atoms. The largest absolute Gasteiger partial charge is 0.325 e. The molecule has 0 unspecified atom stereocenters. The Morgan fingerprint density at radius 1 is 1.12 bits per heavy atom. The van der Waals surface area contributed by atoms with Crippen LogP contribution in [0.2, 0.25) is 0 Å². The summed E-state index contributed by atoms with van der Waals surface area (Å²) in [6.45, 7) is 2.04. The van der Waals surface area contributed by atoms with Gasteiger partial charge in [-0.25, -0.2) is 15.0 Å². The lowest BCUT2D eigenvalue weighted by atomic mass is 9.89. The van der Waals surface area contributed by atoms with Gasteiger partial charge in [0.15, 0.2) is 0 Å². The molecule has 3 aromatic heterocycles. The van der Waals surface area contributed by atoms with E-state index in [2.05, 4.69) is 15.3 Å². The molecule has 0 amide bonds. The Hall–Kier alpha value is -2.60. The summed E-state index contributed by atoms with van der Waals surface area (Å²) in [7, 11) is 0. The molecule has 132 valence electrons. The highest BCUT2D eigenvalue weighted by atomic mass is 32.1. The van der Waals surface area contributed by atoms with Crippen LogP contribution < -0.4 is 5.32 Å². The predicted octanol–water partition coefficient (Wildman–Crippen LogP) is 4.88. The van der Waals surface area contributed by atoms with E-state index in [1.807, 2.05) is 43.5 Å². The van der Waals surface area contributed by atoms with Gasteiger partial charge in [-0.2, -0.15) is 0 Å². The Kier molecular flexibility index (Phi) is 4.75. The van der Waals surface area contributed by atoms with Crippen LogP contribution in [-0.2, 0) is 4.79 Å². The first-order chi connectivity index (χ1) is 12.7. The lowest BCUT2D eigenvalue weighted by Gasteiger charge is -2.18. The van der Waals surface area contributed by atoms with E-state index in [0.717, 1.165) is 45.6 Å². The highest BCUT2D eigenvalue weighted by molar-refractivity contribution is 7.15. The number of rotatable bonds is 4. The van der Waals surface area contributed by atoms with E-state index >= 15 is 0 Å². The number of aryl methyl sites for hydroxylation is 1. The van der Waals surface area contributed by atoms with Crippen LogP contribution in [0.3, 0.4) is 0 Å². The summed E-state index contributed by atoms with van der Waals surface area (Å²) < 4.78 is 0. The predicted molar refractivity (Wildman–Crippen MR) is 104 cm³/mol. The van der Waals surface area contributed by atoms with E-state index in [1.165, 1.54) is 0 Å². The van der Waals surface area contributed by atoms with Crippen LogP contribution in [0.15, 0.2) is 42.7 Å². The molecule has 3 aromatic rings. The number of carbonyl (C=O) groups excluding carboxylic acids is 1. The van der Waals surface area contributed by atoms with Crippen molar-refractivity contribution in [3.63, 3.8) is 0 Å². The minimum absolute atomic E-state index is 0.378. The summed E-state index contributed by atoms with van der Waals surface area (Å²) in [5.41, 5.74) is 2.05. The number of nitrogens with zero attached hydrogens (tertiary/aromatic N) is 3. The van der Waals surface area contributed by atoms with Crippen LogP contribution in [0.25, 0.3) is 10.6 Å². The second-order valence-electron chi connectivity index (χ2n) is 6.63. The summed E-state index contributed by atoms with van der Waals surface area (Å²) in [5.74, 6) is 2.33. The number of pyridine rings is 2. The quantitative estimate of drug-likeness (QED) is 0.715. The molecule has 4 rings (SSSR count). The van der Waals surface area contributed by atoms with Gasteiger partial charge in [-0.05, 0) is 49.6 Å². The zero-order chi connectivity index (χ0) is 17.9. The summed E-state index contributed by atoms with van der Waals surface area (Å²) in [4.78, 5) is 26.1. The van der Waals surface area contributed by atoms with Crippen molar-refractivity contribution in [3.8, 4) is 10.6 Å². The third-order valence-electron chi connectivity index (χ3n) is 4.59. The molecule has 6 heteroatoms. The molecule has 0 aliphatic heterocycles. The highest BCUT2D eigenvalue weighted by Gasteiger charge is 2.23. The van der Waals surface area contributed by atoms with Gasteiger partial charge in [0.05, 0.1) is 15.6 Å². The van der Waals surface area contributed by atoms with Crippen molar-refractivity contribution in [2.45, 2.75) is 38.5 Å². The molecule has 0 radical (unpaired) electrons. The first kappa shape index (κ1) is 16.8. The number of carbonyl (C=O) groups is 1. The summed E-state index contributed by atoms with van der Waals surface area (Å²) in [5, 5.41) is 4.37. The van der Waals surface area contributed by atoms with E-state index in [1.54, 1.807) is 17.5 Å². The molecular weight excluding hydrogens is 344 g/mol. The molecule has 1 saturated carbocycles. The van der Waals surface area contributed by atoms with Gasteiger partial charge >= 0.3 is 0 Å². The van der Waals surface area contributed by atoms with Crippen LogP contribution in [0.1, 0.15) is 42.2 Å². The van der Waals surface area contributed by atoms with E-state index in [4.69, 9.17) is 4.98 Å². The first-order valence-corrected chi connectivity index (χ1v) is 9.63. The van der Waals surface area contributed by atoms with Gasteiger partial charge in [-0.3, -0.25) is 4.79 Å². The Balaban J connectivity index is 1.52. The summed E-state index contributed by atoms with van der Waals surface area (Å²) >= 11 is 1.68. The van der Waals surface area contributed by atoms with Crippen molar-refractivity contribution < 1.29 is 4.79 Å². The van der Waals surface area contributed by atoms with Gasteiger partial charge in [-0.1, -0.05) is 6.07 Å². The van der Waals surface area contributed by atoms with E-state index in [-0.39, 0.29) is 0 Å². The van der Waals surface area contributed by atoms with Crippen molar-refractivity contribution in [3.05, 3.63) is 53.3 Å². The minimum atomic E-state index is 0.378. The zero-order valence-corrected chi connectivity index (χ0v) is 15.4. The Morgan fingerprint density at radius 2 is 1.96 bits per heavy atom. The van der Waals surface area contributed by atoms with Gasteiger partial charge < -0.3 is 5.32 Å². The van der Waals surface area contributed by atoms with Crippen molar-refractivity contribution >= 4 is 28.8 Å². The van der Waals surface area contributed by atoms with Gasteiger partial charge in [0, 0.05) is 31.2 Å². The van der Waals surface area contributed by atoms with Crippen molar-refractivity contribution in [2.75, 3.05) is 5.32 Å². The van der Waals surface area contributed by atoms with E-state index < -0.39 is 0 Å². The molecule has 1 aliphatic rings. The third kappa shape index (κ3) is 3.80. The van der Waals surface area contributed by atoms with Gasteiger partial charge in [0.25, 0.3) is 0 Å². The number of nitrogens with one attached hydrogen (secondary N) is 1. The van der Waals surface area contributed by atoms with Crippen LogP contribution in [0, 0.1) is 6.92 Å². The third-order valence-corrected chi connectivity index (χ3v) is 5.77. The fraction of sp³-hybridized carbons (Fsp3) is 0.300. The molecule has 3 heterocycles. The molecule has 26 heavy (non-hydrogen) atoms. The molecule has 0 spiro atoms. The number of thiazole rings is 1. The van der Waals surface area contributed by atoms with Crippen molar-refractivity contribution in [1.29, 1.82) is 0 Å². The second kappa shape index (κ2) is 7.33. The van der Waals surface area contributed by atoms with Crippen LogP contribution in [0.4, 0.5) is 11.6 Å². The van der Waals surface area contributed by atoms with Crippen LogP contribution in [0.5, 0.6) is 0 Å². The Morgan fingerprint density at radius 3 is 2.77 bits per heavy atom. The normalized spacial score (nSPS) is 15.2. The summed E-state index contributed by atoms with van der Waals surface area (Å²) in [6.07, 6.45) is 6.88. The molecule has 1 aliphatic carbocycles. The fourth-order valence-electron chi connectivity index (χ4n) is 3.16. The maximum atomic E-state index is 11.4. The number of ketones is 1. The average Bonchev–Trinajstić information content (AvgIpc) is 3.13. The number of hydrogen-bond donors (Lipinski definition) is 1.